The number of nitrogens with zero attached hydrogens (tertiary/aromatic N) is 2. The number of carbonyl (C=O) groups is 1. The number of benzene rings is 1. The Morgan fingerprint density at radius 3 is 2.79 bits per heavy atom. The molecule has 19 heavy (non-hydrogen) atoms. The van der Waals surface area contributed by atoms with Gasteiger partial charge in [0.1, 0.15) is 5.01 Å². The van der Waals surface area contributed by atoms with Gasteiger partial charge in [-0.2, -0.15) is 0 Å². The van der Waals surface area contributed by atoms with Crippen molar-refractivity contribution in [2.45, 2.75) is 11.3 Å². The molecule has 0 bridgehead atoms. The average molecular weight is 423 g/mol. The van der Waals surface area contributed by atoms with Crippen LogP contribution in [0.25, 0.3) is 0 Å². The van der Waals surface area contributed by atoms with Crippen LogP contribution in [0.4, 0.5) is 5.69 Å². The third-order valence-corrected chi connectivity index (χ3v) is 5.89. The highest BCUT2D eigenvalue weighted by Gasteiger charge is 2.07. The summed E-state index contributed by atoms with van der Waals surface area (Å²) < 4.78 is 2.66. The van der Waals surface area contributed by atoms with Crippen molar-refractivity contribution in [1.82, 2.24) is 10.2 Å². The number of rotatable bonds is 4. The average Bonchev–Trinajstić information content (AvgIpc) is 2.77. The van der Waals surface area contributed by atoms with Crippen molar-refractivity contribution < 1.29 is 4.79 Å². The smallest absolute Gasteiger partial charge is 0.234 e. The molecule has 1 N–H and O–H groups in total. The zero-order valence-corrected chi connectivity index (χ0v) is 14.6. The molecule has 4 nitrogen and oxygen atoms in total. The molecule has 8 heteroatoms. The van der Waals surface area contributed by atoms with E-state index >= 15 is 0 Å². The highest BCUT2D eigenvalue weighted by atomic mass is 79.9. The maximum absolute atomic E-state index is 11.8. The molecule has 1 amide bonds. The molecular weight excluding hydrogens is 414 g/mol. The van der Waals surface area contributed by atoms with E-state index in [0.29, 0.717) is 5.75 Å². The molecule has 0 radical (unpaired) electrons. The molecule has 0 atom stereocenters. The summed E-state index contributed by atoms with van der Waals surface area (Å²) >= 11 is 9.65. The van der Waals surface area contributed by atoms with E-state index in [2.05, 4.69) is 47.4 Å². The van der Waals surface area contributed by atoms with E-state index in [9.17, 15) is 4.79 Å². The quantitative estimate of drug-likeness (QED) is 0.753. The van der Waals surface area contributed by atoms with E-state index in [1.807, 2.05) is 25.1 Å². The lowest BCUT2D eigenvalue weighted by Crippen LogP contribution is -2.13. The van der Waals surface area contributed by atoms with Gasteiger partial charge in [-0.1, -0.05) is 23.1 Å². The van der Waals surface area contributed by atoms with Gasteiger partial charge in [0, 0.05) is 14.6 Å². The Morgan fingerprint density at radius 1 is 1.37 bits per heavy atom. The molecule has 1 aromatic heterocycles. The number of halogens is 2. The van der Waals surface area contributed by atoms with Crippen molar-refractivity contribution in [3.63, 3.8) is 0 Å². The zero-order valence-electron chi connectivity index (χ0n) is 9.81. The molecular formula is C11H9Br2N3OS2. The molecule has 100 valence electrons. The first-order chi connectivity index (χ1) is 9.04. The first kappa shape index (κ1) is 15.0. The number of amides is 1. The van der Waals surface area contributed by atoms with Gasteiger partial charge in [-0.25, -0.2) is 0 Å². The molecule has 1 heterocycles. The number of thioether (sulfide) groups is 1. The fourth-order valence-corrected chi connectivity index (χ4v) is 3.48. The molecule has 0 aliphatic carbocycles. The number of aromatic nitrogens is 2. The van der Waals surface area contributed by atoms with E-state index in [1.54, 1.807) is 0 Å². The van der Waals surface area contributed by atoms with Gasteiger partial charge >= 0.3 is 0 Å². The Bertz CT molecular complexity index is 603. The number of carbonyl (C=O) groups excluding carboxylic acids is 1. The normalized spacial score (nSPS) is 10.5. The van der Waals surface area contributed by atoms with Gasteiger partial charge in [0.05, 0.1) is 5.75 Å². The van der Waals surface area contributed by atoms with Crippen molar-refractivity contribution in [3.05, 3.63) is 32.2 Å². The van der Waals surface area contributed by atoms with Gasteiger partial charge in [0.2, 0.25) is 5.91 Å². The Hall–Kier alpha value is -0.440. The summed E-state index contributed by atoms with van der Waals surface area (Å²) in [5.74, 6) is 0.259. The highest BCUT2D eigenvalue weighted by molar-refractivity contribution is 9.13. The summed E-state index contributed by atoms with van der Waals surface area (Å²) in [6.45, 7) is 1.89. The van der Waals surface area contributed by atoms with Gasteiger partial charge < -0.3 is 5.32 Å². The molecule has 0 spiro atoms. The lowest BCUT2D eigenvalue weighted by molar-refractivity contribution is -0.113. The second kappa shape index (κ2) is 6.83. The van der Waals surface area contributed by atoms with Crippen molar-refractivity contribution in [1.29, 1.82) is 0 Å². The van der Waals surface area contributed by atoms with Crippen LogP contribution in [0.2, 0.25) is 0 Å². The number of hydrogen-bond acceptors (Lipinski definition) is 5. The first-order valence-electron chi connectivity index (χ1n) is 5.22. The molecule has 0 unspecified atom stereocenters. The van der Waals surface area contributed by atoms with Crippen LogP contribution in [0.3, 0.4) is 0 Å². The first-order valence-corrected chi connectivity index (χ1v) is 8.61. The summed E-state index contributed by atoms with van der Waals surface area (Å²) in [6.07, 6.45) is 0. The Labute approximate surface area is 135 Å². The fourth-order valence-electron chi connectivity index (χ4n) is 1.23. The maximum atomic E-state index is 11.8. The standard InChI is InChI=1S/C11H9Br2N3OS2/c1-6-15-16-11(19-6)18-5-10(17)14-7-2-3-8(12)9(13)4-7/h2-4H,5H2,1H3,(H,14,17). The van der Waals surface area contributed by atoms with Gasteiger partial charge in [-0.3, -0.25) is 4.79 Å². The van der Waals surface area contributed by atoms with E-state index in [0.717, 1.165) is 24.0 Å². The molecule has 1 aromatic carbocycles. The molecule has 0 aliphatic heterocycles. The Morgan fingerprint density at radius 2 is 2.16 bits per heavy atom. The van der Waals surface area contributed by atoms with Gasteiger partial charge in [-0.15, -0.1) is 10.2 Å². The maximum Gasteiger partial charge on any atom is 0.234 e. The van der Waals surface area contributed by atoms with Crippen LogP contribution in [0.5, 0.6) is 0 Å². The van der Waals surface area contributed by atoms with Gasteiger partial charge in [0.15, 0.2) is 4.34 Å². The molecule has 2 rings (SSSR count). The van der Waals surface area contributed by atoms with Crippen molar-refractivity contribution in [2.24, 2.45) is 0 Å². The zero-order chi connectivity index (χ0) is 13.8. The number of hydrogen-bond donors (Lipinski definition) is 1. The summed E-state index contributed by atoms with van der Waals surface area (Å²) in [6, 6.07) is 5.56. The monoisotopic (exact) mass is 421 g/mol. The predicted octanol–water partition coefficient (Wildman–Crippen LogP) is 4.10. The van der Waals surface area contributed by atoms with Crippen molar-refractivity contribution >= 4 is 66.6 Å². The molecule has 0 fully saturated rings. The second-order valence-corrected chi connectivity index (χ2v) is 7.67. The summed E-state index contributed by atoms with van der Waals surface area (Å²) in [5.41, 5.74) is 0.758. The van der Waals surface area contributed by atoms with Crippen LogP contribution in [-0.2, 0) is 4.79 Å². The third-order valence-electron chi connectivity index (χ3n) is 2.04. The molecule has 2 aromatic rings. The fraction of sp³-hybridized carbons (Fsp3) is 0.182. The Kier molecular flexibility index (Phi) is 5.37. The van der Waals surface area contributed by atoms with Crippen LogP contribution in [-0.4, -0.2) is 21.9 Å². The lowest BCUT2D eigenvalue weighted by Gasteiger charge is -2.05. The summed E-state index contributed by atoms with van der Waals surface area (Å²) in [7, 11) is 0. The van der Waals surface area contributed by atoms with Crippen LogP contribution in [0, 0.1) is 6.92 Å². The van der Waals surface area contributed by atoms with Crippen molar-refractivity contribution in [2.75, 3.05) is 11.1 Å². The number of aryl methyl sites for hydroxylation is 1. The van der Waals surface area contributed by atoms with Crippen LogP contribution >= 0.6 is 55.0 Å². The highest BCUT2D eigenvalue weighted by Crippen LogP contribution is 2.26. The summed E-state index contributed by atoms with van der Waals surface area (Å²) in [5, 5.41) is 11.6. The minimum atomic E-state index is -0.0629. The Balaban J connectivity index is 1.88. The minimum Gasteiger partial charge on any atom is -0.325 e. The van der Waals surface area contributed by atoms with E-state index in [-0.39, 0.29) is 5.91 Å². The number of anilines is 1. The minimum absolute atomic E-state index is 0.0629. The molecule has 0 aliphatic rings. The lowest BCUT2D eigenvalue weighted by atomic mass is 10.3. The molecule has 0 saturated heterocycles. The third kappa shape index (κ3) is 4.55. The van der Waals surface area contributed by atoms with Crippen molar-refractivity contribution in [3.8, 4) is 0 Å². The van der Waals surface area contributed by atoms with Crippen LogP contribution < -0.4 is 5.32 Å². The molecule has 0 saturated carbocycles. The summed E-state index contributed by atoms with van der Waals surface area (Å²) in [4.78, 5) is 11.8. The van der Waals surface area contributed by atoms with E-state index in [4.69, 9.17) is 0 Å². The van der Waals surface area contributed by atoms with Crippen LogP contribution in [0.1, 0.15) is 5.01 Å². The topological polar surface area (TPSA) is 54.9 Å². The van der Waals surface area contributed by atoms with Gasteiger partial charge in [0.25, 0.3) is 0 Å². The van der Waals surface area contributed by atoms with Crippen LogP contribution in [0.15, 0.2) is 31.5 Å². The van der Waals surface area contributed by atoms with Gasteiger partial charge in [-0.05, 0) is 57.0 Å². The predicted molar refractivity (Wildman–Crippen MR) is 85.8 cm³/mol. The largest absolute Gasteiger partial charge is 0.325 e. The number of nitrogens with one attached hydrogen (secondary N) is 1. The van der Waals surface area contributed by atoms with E-state index < -0.39 is 0 Å². The second-order valence-electron chi connectivity index (χ2n) is 3.55. The van der Waals surface area contributed by atoms with E-state index in [1.165, 1.54) is 23.1 Å². The SMILES string of the molecule is Cc1nnc(SCC(=O)Nc2ccc(Br)c(Br)c2)s1.